The highest BCUT2D eigenvalue weighted by atomic mass is 19.1. The van der Waals surface area contributed by atoms with Gasteiger partial charge in [0.25, 0.3) is 0 Å². The number of hydrogen-bond donors (Lipinski definition) is 3. The normalized spacial score (nSPS) is 16.5. The first-order valence-corrected chi connectivity index (χ1v) is 8.14. The first-order chi connectivity index (χ1) is 11.0. The second kappa shape index (κ2) is 8.26. The predicted molar refractivity (Wildman–Crippen MR) is 87.6 cm³/mol. The monoisotopic (exact) mass is 323 g/mol. The quantitative estimate of drug-likeness (QED) is 0.718. The van der Waals surface area contributed by atoms with E-state index in [4.69, 9.17) is 0 Å². The number of likely N-dealkylation sites (N-methyl/N-ethyl adjacent to an activating group) is 1. The average molecular weight is 323 g/mol. The smallest absolute Gasteiger partial charge is 0.314 e. The van der Waals surface area contributed by atoms with Crippen molar-refractivity contribution >= 4 is 6.03 Å². The van der Waals surface area contributed by atoms with E-state index in [0.29, 0.717) is 26.2 Å². The average Bonchev–Trinajstić information content (AvgIpc) is 2.95. The van der Waals surface area contributed by atoms with Crippen LogP contribution in [0, 0.1) is 5.82 Å². The van der Waals surface area contributed by atoms with Crippen molar-refractivity contribution in [1.29, 1.82) is 0 Å². The Hall–Kier alpha value is -1.66. The van der Waals surface area contributed by atoms with Gasteiger partial charge in [0.15, 0.2) is 0 Å². The Morgan fingerprint density at radius 3 is 2.57 bits per heavy atom. The SMILES string of the molecule is CN(CCNC(=O)NCC1(O)CCCC1)Cc1ccc(F)cc1. The van der Waals surface area contributed by atoms with Gasteiger partial charge in [0, 0.05) is 26.2 Å². The summed E-state index contributed by atoms with van der Waals surface area (Å²) >= 11 is 0. The van der Waals surface area contributed by atoms with Crippen molar-refractivity contribution in [3.8, 4) is 0 Å². The largest absolute Gasteiger partial charge is 0.388 e. The topological polar surface area (TPSA) is 64.6 Å². The van der Waals surface area contributed by atoms with Gasteiger partial charge >= 0.3 is 6.03 Å². The first-order valence-electron chi connectivity index (χ1n) is 8.14. The van der Waals surface area contributed by atoms with E-state index in [0.717, 1.165) is 31.2 Å². The molecule has 2 rings (SSSR count). The fourth-order valence-corrected chi connectivity index (χ4v) is 2.86. The summed E-state index contributed by atoms with van der Waals surface area (Å²) in [6.07, 6.45) is 3.56. The summed E-state index contributed by atoms with van der Waals surface area (Å²) < 4.78 is 12.8. The van der Waals surface area contributed by atoms with Crippen LogP contribution < -0.4 is 10.6 Å². The van der Waals surface area contributed by atoms with Gasteiger partial charge in [0.2, 0.25) is 0 Å². The van der Waals surface area contributed by atoms with Crippen LogP contribution in [-0.4, -0.2) is 48.3 Å². The molecule has 2 amide bonds. The van der Waals surface area contributed by atoms with Crippen molar-refractivity contribution in [3.05, 3.63) is 35.6 Å². The van der Waals surface area contributed by atoms with Gasteiger partial charge in [-0.2, -0.15) is 0 Å². The Balaban J connectivity index is 1.60. The number of carbonyl (C=O) groups excluding carboxylic acids is 1. The Morgan fingerprint density at radius 1 is 1.26 bits per heavy atom. The van der Waals surface area contributed by atoms with Crippen LogP contribution in [0.4, 0.5) is 9.18 Å². The van der Waals surface area contributed by atoms with E-state index in [2.05, 4.69) is 15.5 Å². The molecule has 0 spiro atoms. The molecule has 23 heavy (non-hydrogen) atoms. The molecule has 1 aliphatic carbocycles. The van der Waals surface area contributed by atoms with Gasteiger partial charge in [-0.15, -0.1) is 0 Å². The second-order valence-electron chi connectivity index (χ2n) is 6.41. The number of urea groups is 1. The van der Waals surface area contributed by atoms with Crippen molar-refractivity contribution in [2.24, 2.45) is 0 Å². The van der Waals surface area contributed by atoms with Crippen LogP contribution in [0.15, 0.2) is 24.3 Å². The maximum absolute atomic E-state index is 12.8. The van der Waals surface area contributed by atoms with E-state index in [1.807, 2.05) is 7.05 Å². The van der Waals surface area contributed by atoms with Crippen molar-refractivity contribution in [3.63, 3.8) is 0 Å². The molecular weight excluding hydrogens is 297 g/mol. The standard InChI is InChI=1S/C17H26FN3O2/c1-21(12-14-4-6-15(18)7-5-14)11-10-19-16(22)20-13-17(23)8-2-3-9-17/h4-7,23H,2-3,8-13H2,1H3,(H2,19,20,22). The van der Waals surface area contributed by atoms with E-state index in [1.165, 1.54) is 12.1 Å². The molecule has 1 aromatic rings. The van der Waals surface area contributed by atoms with Gasteiger partial charge in [-0.1, -0.05) is 25.0 Å². The molecule has 1 saturated carbocycles. The number of benzene rings is 1. The molecule has 0 radical (unpaired) electrons. The van der Waals surface area contributed by atoms with Crippen LogP contribution >= 0.6 is 0 Å². The van der Waals surface area contributed by atoms with Crippen LogP contribution in [0.25, 0.3) is 0 Å². The fraction of sp³-hybridized carbons (Fsp3) is 0.588. The van der Waals surface area contributed by atoms with E-state index >= 15 is 0 Å². The molecule has 5 nitrogen and oxygen atoms in total. The molecule has 3 N–H and O–H groups in total. The summed E-state index contributed by atoms with van der Waals surface area (Å²) in [6.45, 7) is 2.21. The summed E-state index contributed by atoms with van der Waals surface area (Å²) in [4.78, 5) is 13.8. The lowest BCUT2D eigenvalue weighted by Crippen LogP contribution is -2.46. The molecule has 1 aliphatic rings. The number of carbonyl (C=O) groups is 1. The highest BCUT2D eigenvalue weighted by molar-refractivity contribution is 5.73. The second-order valence-corrected chi connectivity index (χ2v) is 6.41. The lowest BCUT2D eigenvalue weighted by atomic mass is 10.0. The number of aliphatic hydroxyl groups is 1. The van der Waals surface area contributed by atoms with Gasteiger partial charge < -0.3 is 20.6 Å². The van der Waals surface area contributed by atoms with E-state index in [9.17, 15) is 14.3 Å². The summed E-state index contributed by atoms with van der Waals surface area (Å²) in [5, 5.41) is 15.7. The van der Waals surface area contributed by atoms with Crippen LogP contribution in [-0.2, 0) is 6.54 Å². The zero-order valence-corrected chi connectivity index (χ0v) is 13.6. The third-order valence-corrected chi connectivity index (χ3v) is 4.26. The Kier molecular flexibility index (Phi) is 6.36. The molecule has 0 saturated heterocycles. The Morgan fingerprint density at radius 2 is 1.91 bits per heavy atom. The van der Waals surface area contributed by atoms with Gasteiger partial charge in [-0.05, 0) is 37.6 Å². The van der Waals surface area contributed by atoms with Crippen molar-refractivity contribution < 1.29 is 14.3 Å². The summed E-state index contributed by atoms with van der Waals surface area (Å²) in [5.41, 5.74) is 0.304. The molecule has 0 heterocycles. The summed E-state index contributed by atoms with van der Waals surface area (Å²) in [6, 6.07) is 6.16. The van der Waals surface area contributed by atoms with Crippen molar-refractivity contribution in [2.75, 3.05) is 26.7 Å². The molecule has 1 fully saturated rings. The predicted octanol–water partition coefficient (Wildman–Crippen LogP) is 1.86. The van der Waals surface area contributed by atoms with Gasteiger partial charge in [-0.25, -0.2) is 9.18 Å². The molecule has 128 valence electrons. The molecule has 6 heteroatoms. The maximum atomic E-state index is 12.8. The van der Waals surface area contributed by atoms with Crippen LogP contribution in [0.3, 0.4) is 0 Å². The third kappa shape index (κ3) is 6.15. The lowest BCUT2D eigenvalue weighted by Gasteiger charge is -2.22. The first kappa shape index (κ1) is 17.7. The van der Waals surface area contributed by atoms with Gasteiger partial charge in [-0.3, -0.25) is 0 Å². The third-order valence-electron chi connectivity index (χ3n) is 4.26. The minimum Gasteiger partial charge on any atom is -0.388 e. The van der Waals surface area contributed by atoms with Gasteiger partial charge in [0.1, 0.15) is 5.82 Å². The van der Waals surface area contributed by atoms with Crippen LogP contribution in [0.2, 0.25) is 0 Å². The molecular formula is C17H26FN3O2. The molecule has 0 aliphatic heterocycles. The van der Waals surface area contributed by atoms with Crippen molar-refractivity contribution in [1.82, 2.24) is 15.5 Å². The highest BCUT2D eigenvalue weighted by Gasteiger charge is 2.31. The fourth-order valence-electron chi connectivity index (χ4n) is 2.86. The zero-order valence-electron chi connectivity index (χ0n) is 13.6. The zero-order chi connectivity index (χ0) is 16.7. The number of nitrogens with zero attached hydrogens (tertiary/aromatic N) is 1. The molecule has 0 atom stereocenters. The number of rotatable bonds is 7. The molecule has 0 aromatic heterocycles. The highest BCUT2D eigenvalue weighted by Crippen LogP contribution is 2.28. The van der Waals surface area contributed by atoms with E-state index < -0.39 is 5.60 Å². The van der Waals surface area contributed by atoms with Gasteiger partial charge in [0.05, 0.1) is 5.60 Å². The van der Waals surface area contributed by atoms with Crippen molar-refractivity contribution in [2.45, 2.75) is 37.8 Å². The maximum Gasteiger partial charge on any atom is 0.314 e. The number of hydrogen-bond acceptors (Lipinski definition) is 3. The van der Waals surface area contributed by atoms with E-state index in [-0.39, 0.29) is 11.8 Å². The molecule has 0 bridgehead atoms. The number of nitrogens with one attached hydrogen (secondary N) is 2. The Labute approximate surface area is 136 Å². The minimum absolute atomic E-state index is 0.237. The number of amides is 2. The van der Waals surface area contributed by atoms with E-state index in [1.54, 1.807) is 12.1 Å². The summed E-state index contributed by atoms with van der Waals surface area (Å²) in [5.74, 6) is -0.237. The Bertz CT molecular complexity index is 501. The van der Waals surface area contributed by atoms with Crippen LogP contribution in [0.5, 0.6) is 0 Å². The summed E-state index contributed by atoms with van der Waals surface area (Å²) in [7, 11) is 1.95. The molecule has 1 aromatic carbocycles. The van der Waals surface area contributed by atoms with Crippen LogP contribution in [0.1, 0.15) is 31.2 Å². The number of halogens is 1. The minimum atomic E-state index is -0.725. The lowest BCUT2D eigenvalue weighted by molar-refractivity contribution is 0.0501. The molecule has 0 unspecified atom stereocenters.